The van der Waals surface area contributed by atoms with Gasteiger partial charge in [-0.05, 0) is 54.4 Å². The Kier molecular flexibility index (Phi) is 8.55. The fourth-order valence-electron chi connectivity index (χ4n) is 4.32. The van der Waals surface area contributed by atoms with Crippen LogP contribution in [0.4, 0.5) is 18.9 Å². The summed E-state index contributed by atoms with van der Waals surface area (Å²) in [6, 6.07) is 16.4. The molecule has 4 rings (SSSR count). The number of halogens is 3. The molecule has 0 aliphatic rings. The zero-order valence-corrected chi connectivity index (χ0v) is 22.3. The van der Waals surface area contributed by atoms with Crippen molar-refractivity contribution in [3.8, 4) is 17.0 Å². The number of hydrogen-bond donors (Lipinski definition) is 2. The molecule has 0 aliphatic heterocycles. The summed E-state index contributed by atoms with van der Waals surface area (Å²) in [6.45, 7) is 1.18. The smallest absolute Gasteiger partial charge is 0.416 e. The van der Waals surface area contributed by atoms with E-state index in [1.807, 2.05) is 0 Å². The molecule has 2 N–H and O–H groups in total. The number of nitrogens with one attached hydrogen (secondary N) is 1. The van der Waals surface area contributed by atoms with Gasteiger partial charge in [0.1, 0.15) is 6.04 Å². The lowest BCUT2D eigenvalue weighted by atomic mass is 9.95. The highest BCUT2D eigenvalue weighted by molar-refractivity contribution is 6.01. The summed E-state index contributed by atoms with van der Waals surface area (Å²) >= 11 is 0. The highest BCUT2D eigenvalue weighted by atomic mass is 19.4. The molecular formula is C30H24F3N3O6. The number of ether oxygens (including phenoxy) is 1. The Morgan fingerprint density at radius 3 is 2.21 bits per heavy atom. The van der Waals surface area contributed by atoms with Crippen LogP contribution in [0.1, 0.15) is 44.8 Å². The number of benzene rings is 3. The van der Waals surface area contributed by atoms with Crippen LogP contribution in [0.15, 0.2) is 83.7 Å². The molecule has 42 heavy (non-hydrogen) atoms. The standard InChI is InChI=1S/C30H24F3N3O6/c1-17(37)22-13-10-20(30(31,32)33)15-23(22)24-16-26(38)36(35-28(24)42-2)25(14-18-6-4-3-5-7-18)27(39)34-21-11-8-19(9-12-21)29(40)41/h3-13,15-16,25H,14H2,1-2H3,(H,34,39)(H,40,41). The number of hydrogen-bond acceptors (Lipinski definition) is 6. The maximum absolute atomic E-state index is 13.5. The number of carbonyl (C=O) groups is 3. The average molecular weight is 580 g/mol. The van der Waals surface area contributed by atoms with Crippen molar-refractivity contribution in [1.82, 2.24) is 9.78 Å². The van der Waals surface area contributed by atoms with Gasteiger partial charge < -0.3 is 15.2 Å². The van der Waals surface area contributed by atoms with Gasteiger partial charge in [0, 0.05) is 23.7 Å². The molecule has 0 bridgehead atoms. The molecule has 4 aromatic rings. The molecule has 1 atom stereocenters. The van der Waals surface area contributed by atoms with E-state index in [4.69, 9.17) is 9.84 Å². The van der Waals surface area contributed by atoms with Gasteiger partial charge in [0.15, 0.2) is 5.78 Å². The molecule has 0 radical (unpaired) electrons. The number of Topliss-reactive ketones (excluding diaryl/α,β-unsaturated/α-hetero) is 1. The Balaban J connectivity index is 1.82. The molecule has 0 aliphatic carbocycles. The number of methoxy groups -OCH3 is 1. The van der Waals surface area contributed by atoms with Crippen LogP contribution < -0.4 is 15.6 Å². The van der Waals surface area contributed by atoms with Crippen LogP contribution in [-0.4, -0.2) is 39.7 Å². The molecule has 0 spiro atoms. The van der Waals surface area contributed by atoms with E-state index in [9.17, 15) is 32.3 Å². The van der Waals surface area contributed by atoms with E-state index in [1.54, 1.807) is 30.3 Å². The second kappa shape index (κ2) is 12.1. The SMILES string of the molecule is COc1nn(C(Cc2ccccc2)C(=O)Nc2ccc(C(=O)O)cc2)c(=O)cc1-c1cc(C(F)(F)F)ccc1C(C)=O. The lowest BCUT2D eigenvalue weighted by molar-refractivity contribution is -0.137. The second-order valence-electron chi connectivity index (χ2n) is 9.24. The summed E-state index contributed by atoms with van der Waals surface area (Å²) in [5, 5.41) is 16.0. The average Bonchev–Trinajstić information content (AvgIpc) is 2.96. The Morgan fingerprint density at radius 1 is 0.976 bits per heavy atom. The molecule has 3 aromatic carbocycles. The summed E-state index contributed by atoms with van der Waals surface area (Å²) in [4.78, 5) is 50.4. The number of carboxylic acid groups (broad SMARTS) is 1. The fourth-order valence-corrected chi connectivity index (χ4v) is 4.32. The molecule has 0 fully saturated rings. The Labute approximate surface area is 237 Å². The molecule has 1 unspecified atom stereocenters. The molecule has 0 saturated carbocycles. The minimum Gasteiger partial charge on any atom is -0.480 e. The molecule has 12 heteroatoms. The molecule has 0 saturated heterocycles. The minimum atomic E-state index is -4.72. The van der Waals surface area contributed by atoms with E-state index in [0.29, 0.717) is 5.56 Å². The van der Waals surface area contributed by atoms with Crippen molar-refractivity contribution >= 4 is 23.3 Å². The van der Waals surface area contributed by atoms with Gasteiger partial charge in [-0.15, -0.1) is 5.10 Å². The minimum absolute atomic E-state index is 0.00244. The van der Waals surface area contributed by atoms with Crippen molar-refractivity contribution in [2.24, 2.45) is 0 Å². The summed E-state index contributed by atoms with van der Waals surface area (Å²) in [5.74, 6) is -2.64. The van der Waals surface area contributed by atoms with Gasteiger partial charge in [-0.25, -0.2) is 9.48 Å². The van der Waals surface area contributed by atoms with E-state index in [0.717, 1.165) is 28.9 Å². The number of ketones is 1. The topological polar surface area (TPSA) is 128 Å². The van der Waals surface area contributed by atoms with E-state index >= 15 is 0 Å². The zero-order valence-electron chi connectivity index (χ0n) is 22.3. The van der Waals surface area contributed by atoms with Crippen molar-refractivity contribution in [3.63, 3.8) is 0 Å². The largest absolute Gasteiger partial charge is 0.480 e. The molecule has 216 valence electrons. The first kappa shape index (κ1) is 29.7. The lowest BCUT2D eigenvalue weighted by Crippen LogP contribution is -2.36. The number of nitrogens with zero attached hydrogens (tertiary/aromatic N) is 2. The normalized spacial score (nSPS) is 11.9. The van der Waals surface area contributed by atoms with E-state index in [1.165, 1.54) is 38.3 Å². The summed E-state index contributed by atoms with van der Waals surface area (Å²) < 4.78 is 46.7. The number of alkyl halides is 3. The van der Waals surface area contributed by atoms with E-state index < -0.39 is 41.0 Å². The Morgan fingerprint density at radius 2 is 1.64 bits per heavy atom. The number of carboxylic acids is 1. The third kappa shape index (κ3) is 6.54. The van der Waals surface area contributed by atoms with Crippen LogP contribution in [0.3, 0.4) is 0 Å². The highest BCUT2D eigenvalue weighted by Gasteiger charge is 2.32. The summed E-state index contributed by atoms with van der Waals surface area (Å²) in [6.07, 6.45) is -4.72. The first-order chi connectivity index (χ1) is 19.9. The predicted octanol–water partition coefficient (Wildman–Crippen LogP) is 5.26. The maximum atomic E-state index is 13.5. The number of rotatable bonds is 9. The molecule has 1 heterocycles. The molecule has 1 aromatic heterocycles. The molecule has 9 nitrogen and oxygen atoms in total. The predicted molar refractivity (Wildman–Crippen MR) is 147 cm³/mol. The third-order valence-corrected chi connectivity index (χ3v) is 6.40. The quantitative estimate of drug-likeness (QED) is 0.259. The van der Waals surface area contributed by atoms with Gasteiger partial charge in [0.05, 0.1) is 23.8 Å². The van der Waals surface area contributed by atoms with Crippen LogP contribution in [0, 0.1) is 0 Å². The van der Waals surface area contributed by atoms with Crippen LogP contribution in [-0.2, 0) is 17.4 Å². The van der Waals surface area contributed by atoms with Crippen LogP contribution in [0.2, 0.25) is 0 Å². The fraction of sp³-hybridized carbons (Fsp3) is 0.167. The monoisotopic (exact) mass is 579 g/mol. The molecular weight excluding hydrogens is 555 g/mol. The van der Waals surface area contributed by atoms with E-state index in [2.05, 4.69) is 10.4 Å². The second-order valence-corrected chi connectivity index (χ2v) is 9.24. The van der Waals surface area contributed by atoms with Gasteiger partial charge in [0.2, 0.25) is 11.8 Å². The number of carbonyl (C=O) groups excluding carboxylic acids is 2. The highest BCUT2D eigenvalue weighted by Crippen LogP contribution is 2.36. The van der Waals surface area contributed by atoms with Gasteiger partial charge in [-0.3, -0.25) is 14.4 Å². The zero-order chi connectivity index (χ0) is 30.6. The van der Waals surface area contributed by atoms with Gasteiger partial charge in [0.25, 0.3) is 5.56 Å². The van der Waals surface area contributed by atoms with E-state index in [-0.39, 0.29) is 40.2 Å². The number of aromatic carboxylic acids is 1. The number of amides is 1. The van der Waals surface area contributed by atoms with Crippen molar-refractivity contribution < 1.29 is 37.4 Å². The maximum Gasteiger partial charge on any atom is 0.416 e. The third-order valence-electron chi connectivity index (χ3n) is 6.40. The Bertz CT molecular complexity index is 1700. The Hall–Kier alpha value is -5.26. The number of aromatic nitrogens is 2. The van der Waals surface area contributed by atoms with Gasteiger partial charge in [-0.2, -0.15) is 13.2 Å². The summed E-state index contributed by atoms with van der Waals surface area (Å²) in [5.41, 5.74) is -1.37. The van der Waals surface area contributed by atoms with Crippen LogP contribution in [0.5, 0.6) is 5.88 Å². The van der Waals surface area contributed by atoms with Crippen molar-refractivity contribution in [1.29, 1.82) is 0 Å². The van der Waals surface area contributed by atoms with Crippen LogP contribution >= 0.6 is 0 Å². The molecule has 1 amide bonds. The van der Waals surface area contributed by atoms with Crippen molar-refractivity contribution in [3.05, 3.63) is 111 Å². The van der Waals surface area contributed by atoms with Crippen molar-refractivity contribution in [2.75, 3.05) is 12.4 Å². The first-order valence-electron chi connectivity index (χ1n) is 12.5. The van der Waals surface area contributed by atoms with Gasteiger partial charge >= 0.3 is 12.1 Å². The first-order valence-corrected chi connectivity index (χ1v) is 12.5. The van der Waals surface area contributed by atoms with Gasteiger partial charge in [-0.1, -0.05) is 36.4 Å². The van der Waals surface area contributed by atoms with Crippen LogP contribution in [0.25, 0.3) is 11.1 Å². The number of anilines is 1. The lowest BCUT2D eigenvalue weighted by Gasteiger charge is -2.21. The summed E-state index contributed by atoms with van der Waals surface area (Å²) in [7, 11) is 1.19. The van der Waals surface area contributed by atoms with Crippen molar-refractivity contribution in [2.45, 2.75) is 25.6 Å².